The zero-order valence-corrected chi connectivity index (χ0v) is 34.6. The van der Waals surface area contributed by atoms with Crippen LogP contribution in [0.15, 0.2) is 66.7 Å². The number of anilines is 1. The van der Waals surface area contributed by atoms with Crippen LogP contribution >= 0.6 is 0 Å². The number of ether oxygens (including phenoxy) is 4. The Morgan fingerprint density at radius 3 is 1.02 bits per heavy atom. The molecular formula is C48H66N4O4. The van der Waals surface area contributed by atoms with Crippen molar-refractivity contribution in [2.45, 2.75) is 79.1 Å². The van der Waals surface area contributed by atoms with Crippen molar-refractivity contribution >= 4 is 5.69 Å². The monoisotopic (exact) mass is 763 g/mol. The van der Waals surface area contributed by atoms with Gasteiger partial charge in [-0.2, -0.15) is 0 Å². The maximum absolute atomic E-state index is 6.84. The van der Waals surface area contributed by atoms with Crippen molar-refractivity contribution < 1.29 is 18.9 Å². The Hall–Kier alpha value is -4.24. The molecule has 0 aromatic heterocycles. The van der Waals surface area contributed by atoms with Gasteiger partial charge in [-0.15, -0.1) is 0 Å². The predicted octanol–water partition coefficient (Wildman–Crippen LogP) is 8.11. The molecule has 0 amide bonds. The highest BCUT2D eigenvalue weighted by atomic mass is 16.5. The molecule has 4 aromatic carbocycles. The van der Waals surface area contributed by atoms with E-state index < -0.39 is 0 Å². The van der Waals surface area contributed by atoms with E-state index in [1.807, 2.05) is 0 Å². The molecule has 56 heavy (non-hydrogen) atoms. The van der Waals surface area contributed by atoms with Gasteiger partial charge in [-0.05, 0) is 71.2 Å². The molecular weight excluding hydrogens is 697 g/mol. The van der Waals surface area contributed by atoms with Crippen LogP contribution in [-0.4, -0.2) is 78.8 Å². The molecule has 8 nitrogen and oxygen atoms in total. The van der Waals surface area contributed by atoms with Crippen molar-refractivity contribution in [3.05, 3.63) is 111 Å². The molecule has 0 saturated carbocycles. The fraction of sp³-hybridized carbons (Fsp3) is 0.500. The topological polar surface area (TPSA) is 76.3 Å². The van der Waals surface area contributed by atoms with E-state index in [2.05, 4.69) is 115 Å². The largest absolute Gasteiger partial charge is 0.493 e. The summed E-state index contributed by atoms with van der Waals surface area (Å²) in [6.07, 6.45) is 6.57. The zero-order chi connectivity index (χ0) is 39.0. The Morgan fingerprint density at radius 2 is 0.696 bits per heavy atom. The van der Waals surface area contributed by atoms with E-state index in [1.165, 1.54) is 50.2 Å². The fourth-order valence-electron chi connectivity index (χ4n) is 7.84. The third-order valence-corrected chi connectivity index (χ3v) is 10.5. The molecule has 1 heterocycles. The van der Waals surface area contributed by atoms with Crippen LogP contribution in [0, 0.1) is 0 Å². The average molecular weight is 763 g/mol. The number of nitrogens with one attached hydrogen (secondary N) is 3. The standard InChI is InChI=1S/C48H66N4O4/c1-5-26-53-45-36-12-9-13-37(45)31-39-15-11-17-41(47(39)55-28-7-3)33-43-35-44(52-24-22-50-20-18-49-19-21-51-23-25-52)34-42(48(43)56-29-8-4)32-40-16-10-14-38(30-36)46(40)54-27-6-2/h9-17,34-35,49-51H,5-8,18-33H2,1-4H3. The first-order valence-corrected chi connectivity index (χ1v) is 21.5. The summed E-state index contributed by atoms with van der Waals surface area (Å²) in [6.45, 7) is 18.9. The molecule has 0 atom stereocenters. The minimum absolute atomic E-state index is 0.651. The lowest BCUT2D eigenvalue weighted by Crippen LogP contribution is -2.41. The van der Waals surface area contributed by atoms with Crippen molar-refractivity contribution in [1.29, 1.82) is 0 Å². The van der Waals surface area contributed by atoms with Gasteiger partial charge in [0.2, 0.25) is 0 Å². The van der Waals surface area contributed by atoms with Crippen LogP contribution in [-0.2, 0) is 25.7 Å². The van der Waals surface area contributed by atoms with Crippen molar-refractivity contribution in [3.63, 3.8) is 0 Å². The number of fused-ring (bicyclic) bond motifs is 8. The number of hydrogen-bond acceptors (Lipinski definition) is 8. The first kappa shape index (κ1) is 41.4. The van der Waals surface area contributed by atoms with Crippen molar-refractivity contribution in [2.24, 2.45) is 0 Å². The first-order valence-electron chi connectivity index (χ1n) is 21.5. The van der Waals surface area contributed by atoms with Gasteiger partial charge >= 0.3 is 0 Å². The quantitative estimate of drug-likeness (QED) is 0.111. The molecule has 8 heteroatoms. The number of para-hydroxylation sites is 3. The summed E-state index contributed by atoms with van der Waals surface area (Å²) < 4.78 is 26.9. The minimum Gasteiger partial charge on any atom is -0.493 e. The number of hydrogen-bond donors (Lipinski definition) is 3. The minimum atomic E-state index is 0.651. The van der Waals surface area contributed by atoms with E-state index in [1.54, 1.807) is 0 Å². The van der Waals surface area contributed by atoms with Crippen LogP contribution in [0.25, 0.3) is 0 Å². The molecule has 4 aromatic rings. The molecule has 1 aliphatic carbocycles. The molecule has 3 N–H and O–H groups in total. The second-order valence-electron chi connectivity index (χ2n) is 15.1. The molecule has 1 saturated heterocycles. The molecule has 6 rings (SSSR count). The summed E-state index contributed by atoms with van der Waals surface area (Å²) in [5.41, 5.74) is 10.7. The Bertz CT molecular complexity index is 1710. The molecule has 0 spiro atoms. The lowest BCUT2D eigenvalue weighted by Gasteiger charge is -2.29. The van der Waals surface area contributed by atoms with E-state index in [0.717, 1.165) is 101 Å². The highest BCUT2D eigenvalue weighted by Crippen LogP contribution is 2.40. The maximum Gasteiger partial charge on any atom is 0.126 e. The summed E-state index contributed by atoms with van der Waals surface area (Å²) in [6, 6.07) is 24.8. The molecule has 2 aliphatic rings. The van der Waals surface area contributed by atoms with Gasteiger partial charge in [0, 0.05) is 94.9 Å². The molecule has 0 unspecified atom stereocenters. The Morgan fingerprint density at radius 1 is 0.411 bits per heavy atom. The summed E-state index contributed by atoms with van der Waals surface area (Å²) in [5.74, 6) is 3.93. The van der Waals surface area contributed by atoms with Gasteiger partial charge in [0.05, 0.1) is 26.4 Å². The normalized spacial score (nSPS) is 15.3. The number of rotatable bonds is 13. The van der Waals surface area contributed by atoms with Gasteiger partial charge in [0.15, 0.2) is 0 Å². The van der Waals surface area contributed by atoms with Crippen molar-refractivity contribution in [2.75, 3.05) is 83.7 Å². The average Bonchev–Trinajstić information content (AvgIpc) is 3.19. The van der Waals surface area contributed by atoms with Gasteiger partial charge in [-0.25, -0.2) is 0 Å². The van der Waals surface area contributed by atoms with Crippen molar-refractivity contribution in [1.82, 2.24) is 16.0 Å². The maximum atomic E-state index is 6.84. The van der Waals surface area contributed by atoms with Crippen molar-refractivity contribution in [3.8, 4) is 23.0 Å². The number of benzene rings is 4. The van der Waals surface area contributed by atoms with Crippen LogP contribution in [0.2, 0.25) is 0 Å². The molecule has 0 radical (unpaired) electrons. The third-order valence-electron chi connectivity index (χ3n) is 10.5. The van der Waals surface area contributed by atoms with Gasteiger partial charge < -0.3 is 39.8 Å². The highest BCUT2D eigenvalue weighted by Gasteiger charge is 2.23. The summed E-state index contributed by atoms with van der Waals surface area (Å²) in [4.78, 5) is 2.55. The Balaban J connectivity index is 1.57. The number of nitrogens with zero attached hydrogens (tertiary/aromatic N) is 1. The predicted molar refractivity (Wildman–Crippen MR) is 231 cm³/mol. The van der Waals surface area contributed by atoms with Crippen LogP contribution in [0.5, 0.6) is 23.0 Å². The highest BCUT2D eigenvalue weighted by molar-refractivity contribution is 5.62. The van der Waals surface area contributed by atoms with E-state index in [9.17, 15) is 0 Å². The van der Waals surface area contributed by atoms with Gasteiger partial charge in [-0.1, -0.05) is 82.3 Å². The smallest absolute Gasteiger partial charge is 0.126 e. The second-order valence-corrected chi connectivity index (χ2v) is 15.1. The fourth-order valence-corrected chi connectivity index (χ4v) is 7.84. The van der Waals surface area contributed by atoms with Crippen LogP contribution in [0.3, 0.4) is 0 Å². The molecule has 302 valence electrons. The van der Waals surface area contributed by atoms with Crippen LogP contribution in [0.4, 0.5) is 5.69 Å². The van der Waals surface area contributed by atoms with Crippen LogP contribution in [0.1, 0.15) is 97.9 Å². The SMILES string of the molecule is CCCOc1c2cccc1Cc1cccc(c1OCCC)Cc1cc(N3CCNCCNCCNCC3)cc(c1OCCC)Cc1cccc(c1OCCC)C2. The lowest BCUT2D eigenvalue weighted by molar-refractivity contribution is 0.304. The summed E-state index contributed by atoms with van der Waals surface area (Å²) in [5, 5.41) is 10.9. The zero-order valence-electron chi connectivity index (χ0n) is 34.6. The molecule has 8 bridgehead atoms. The van der Waals surface area contributed by atoms with E-state index in [0.29, 0.717) is 52.1 Å². The molecule has 1 fully saturated rings. The summed E-state index contributed by atoms with van der Waals surface area (Å²) >= 11 is 0. The van der Waals surface area contributed by atoms with E-state index in [-0.39, 0.29) is 0 Å². The Labute approximate surface area is 336 Å². The van der Waals surface area contributed by atoms with Gasteiger partial charge in [-0.3, -0.25) is 0 Å². The third kappa shape index (κ3) is 11.0. The van der Waals surface area contributed by atoms with E-state index >= 15 is 0 Å². The molecule has 1 aliphatic heterocycles. The first-order chi connectivity index (χ1) is 27.6. The van der Waals surface area contributed by atoms with Gasteiger partial charge in [0.1, 0.15) is 23.0 Å². The Kier molecular flexibility index (Phi) is 16.2. The lowest BCUT2D eigenvalue weighted by atomic mass is 9.91. The van der Waals surface area contributed by atoms with Gasteiger partial charge in [0.25, 0.3) is 0 Å². The van der Waals surface area contributed by atoms with Crippen LogP contribution < -0.4 is 39.8 Å². The van der Waals surface area contributed by atoms with E-state index in [4.69, 9.17) is 18.9 Å². The summed E-state index contributed by atoms with van der Waals surface area (Å²) in [7, 11) is 0. The second kappa shape index (κ2) is 21.9.